The molecule has 1 fully saturated rings. The number of piperidine rings is 1. The molecule has 0 spiro atoms. The van der Waals surface area contributed by atoms with Crippen LogP contribution in [0.4, 0.5) is 5.69 Å². The molecule has 0 radical (unpaired) electrons. The summed E-state index contributed by atoms with van der Waals surface area (Å²) in [6.07, 6.45) is 2.75. The van der Waals surface area contributed by atoms with Gasteiger partial charge in [0.2, 0.25) is 0 Å². The molecule has 2 unspecified atom stereocenters. The van der Waals surface area contributed by atoms with Crippen molar-refractivity contribution in [3.63, 3.8) is 0 Å². The second-order valence-electron chi connectivity index (χ2n) is 4.87. The number of carbonyl (C=O) groups excluding carboxylic acids is 1. The Morgan fingerprint density at radius 1 is 1.53 bits per heavy atom. The molecule has 1 aromatic rings. The lowest BCUT2D eigenvalue weighted by Gasteiger charge is -2.38. The molecule has 0 saturated carbocycles. The van der Waals surface area contributed by atoms with Crippen LogP contribution in [-0.4, -0.2) is 34.6 Å². The molecule has 0 aromatic carbocycles. The van der Waals surface area contributed by atoms with Crippen molar-refractivity contribution in [2.24, 2.45) is 11.7 Å². The van der Waals surface area contributed by atoms with E-state index < -0.39 is 11.9 Å². The number of nitrogens with zero attached hydrogens (tertiary/aromatic N) is 2. The molecule has 2 rings (SSSR count). The largest absolute Gasteiger partial charge is 0.481 e. The van der Waals surface area contributed by atoms with Crippen LogP contribution in [0.25, 0.3) is 0 Å². The molecule has 102 valence electrons. The first-order valence-electron chi connectivity index (χ1n) is 6.24. The van der Waals surface area contributed by atoms with Gasteiger partial charge in [0.1, 0.15) is 5.69 Å². The van der Waals surface area contributed by atoms with Gasteiger partial charge in [-0.3, -0.25) is 14.6 Å². The summed E-state index contributed by atoms with van der Waals surface area (Å²) in [5.41, 5.74) is 6.30. The second kappa shape index (κ2) is 5.26. The zero-order chi connectivity index (χ0) is 14.0. The van der Waals surface area contributed by atoms with Crippen molar-refractivity contribution in [3.05, 3.63) is 24.0 Å². The Kier molecular flexibility index (Phi) is 3.69. The highest BCUT2D eigenvalue weighted by atomic mass is 16.4. The molecular weight excluding hydrogens is 246 g/mol. The summed E-state index contributed by atoms with van der Waals surface area (Å²) in [5, 5.41) is 9.04. The molecule has 1 aromatic heterocycles. The number of rotatable bonds is 3. The van der Waals surface area contributed by atoms with Crippen molar-refractivity contribution in [3.8, 4) is 0 Å². The van der Waals surface area contributed by atoms with Gasteiger partial charge in [0, 0.05) is 24.5 Å². The van der Waals surface area contributed by atoms with Crippen LogP contribution in [0, 0.1) is 5.92 Å². The van der Waals surface area contributed by atoms with Gasteiger partial charge in [0.15, 0.2) is 0 Å². The molecule has 2 heterocycles. The van der Waals surface area contributed by atoms with Crippen LogP contribution in [0.3, 0.4) is 0 Å². The van der Waals surface area contributed by atoms with Crippen molar-refractivity contribution >= 4 is 17.6 Å². The van der Waals surface area contributed by atoms with Crippen molar-refractivity contribution in [2.75, 3.05) is 11.4 Å². The van der Waals surface area contributed by atoms with E-state index in [1.165, 1.54) is 0 Å². The summed E-state index contributed by atoms with van der Waals surface area (Å²) in [4.78, 5) is 28.1. The lowest BCUT2D eigenvalue weighted by Crippen LogP contribution is -2.42. The van der Waals surface area contributed by atoms with Gasteiger partial charge < -0.3 is 15.7 Å². The molecule has 0 aliphatic carbocycles. The summed E-state index contributed by atoms with van der Waals surface area (Å²) < 4.78 is 0. The Morgan fingerprint density at radius 2 is 2.26 bits per heavy atom. The fraction of sp³-hybridized carbons (Fsp3) is 0.462. The maximum absolute atomic E-state index is 11.1. The molecule has 19 heavy (non-hydrogen) atoms. The smallest absolute Gasteiger partial charge is 0.306 e. The number of aliphatic carboxylic acids is 1. The van der Waals surface area contributed by atoms with Gasteiger partial charge in [-0.25, -0.2) is 0 Å². The number of carboxylic acids is 1. The van der Waals surface area contributed by atoms with E-state index in [-0.39, 0.29) is 17.7 Å². The van der Waals surface area contributed by atoms with Crippen LogP contribution in [-0.2, 0) is 4.79 Å². The van der Waals surface area contributed by atoms with Gasteiger partial charge in [-0.15, -0.1) is 0 Å². The summed E-state index contributed by atoms with van der Waals surface area (Å²) >= 11 is 0. The highest BCUT2D eigenvalue weighted by Gasteiger charge is 2.29. The van der Waals surface area contributed by atoms with Crippen molar-refractivity contribution in [2.45, 2.75) is 25.8 Å². The summed E-state index contributed by atoms with van der Waals surface area (Å²) in [6, 6.07) is 3.57. The molecular formula is C13H17N3O3. The van der Waals surface area contributed by atoms with E-state index in [0.29, 0.717) is 19.4 Å². The number of hydrogen-bond acceptors (Lipinski definition) is 4. The fourth-order valence-corrected chi connectivity index (χ4v) is 2.51. The minimum absolute atomic E-state index is 0.109. The van der Waals surface area contributed by atoms with Gasteiger partial charge in [0.05, 0.1) is 5.92 Å². The van der Waals surface area contributed by atoms with Crippen LogP contribution in [0.1, 0.15) is 30.3 Å². The Morgan fingerprint density at radius 3 is 2.84 bits per heavy atom. The molecule has 1 aliphatic rings. The van der Waals surface area contributed by atoms with Crippen molar-refractivity contribution in [1.29, 1.82) is 0 Å². The normalized spacial score (nSPS) is 23.1. The minimum atomic E-state index is -0.737. The highest BCUT2D eigenvalue weighted by Crippen LogP contribution is 2.28. The average molecular weight is 263 g/mol. The standard InChI is InChI=1S/C13H17N3O3/c1-8-6-9(13(18)19)3-5-16(8)10-2-4-15-11(7-10)12(14)17/h2,4,7-9H,3,5-6H2,1H3,(H2,14,17)(H,18,19). The van der Waals surface area contributed by atoms with E-state index in [1.807, 2.05) is 13.0 Å². The zero-order valence-corrected chi connectivity index (χ0v) is 10.7. The number of anilines is 1. The third-order valence-corrected chi connectivity index (χ3v) is 3.55. The van der Waals surface area contributed by atoms with E-state index in [1.54, 1.807) is 12.3 Å². The van der Waals surface area contributed by atoms with Crippen LogP contribution in [0.15, 0.2) is 18.3 Å². The first-order chi connectivity index (χ1) is 8.99. The van der Waals surface area contributed by atoms with Crippen LogP contribution >= 0.6 is 0 Å². The molecule has 3 N–H and O–H groups in total. The van der Waals surface area contributed by atoms with E-state index in [0.717, 1.165) is 5.69 Å². The number of amides is 1. The van der Waals surface area contributed by atoms with E-state index >= 15 is 0 Å². The van der Waals surface area contributed by atoms with Crippen LogP contribution in [0.5, 0.6) is 0 Å². The quantitative estimate of drug-likeness (QED) is 0.843. The maximum atomic E-state index is 11.1. The predicted molar refractivity (Wildman–Crippen MR) is 69.9 cm³/mol. The fourth-order valence-electron chi connectivity index (χ4n) is 2.51. The molecule has 2 atom stereocenters. The zero-order valence-electron chi connectivity index (χ0n) is 10.7. The lowest BCUT2D eigenvalue weighted by molar-refractivity contribution is -0.142. The maximum Gasteiger partial charge on any atom is 0.306 e. The SMILES string of the molecule is CC1CC(C(=O)O)CCN1c1ccnc(C(N)=O)c1. The molecule has 1 aliphatic heterocycles. The van der Waals surface area contributed by atoms with Gasteiger partial charge in [-0.05, 0) is 31.9 Å². The Balaban J connectivity index is 2.17. The molecule has 1 saturated heterocycles. The van der Waals surface area contributed by atoms with Gasteiger partial charge in [-0.1, -0.05) is 0 Å². The highest BCUT2D eigenvalue weighted by molar-refractivity contribution is 5.91. The van der Waals surface area contributed by atoms with Gasteiger partial charge >= 0.3 is 5.97 Å². The lowest BCUT2D eigenvalue weighted by atomic mass is 9.91. The average Bonchev–Trinajstić information content (AvgIpc) is 2.38. The van der Waals surface area contributed by atoms with Crippen LogP contribution in [0.2, 0.25) is 0 Å². The van der Waals surface area contributed by atoms with E-state index in [9.17, 15) is 9.59 Å². The molecule has 0 bridgehead atoms. The van der Waals surface area contributed by atoms with Crippen LogP contribution < -0.4 is 10.6 Å². The Bertz CT molecular complexity index is 504. The minimum Gasteiger partial charge on any atom is -0.481 e. The van der Waals surface area contributed by atoms with Crippen molar-refractivity contribution < 1.29 is 14.7 Å². The number of hydrogen-bond donors (Lipinski definition) is 2. The monoisotopic (exact) mass is 263 g/mol. The third-order valence-electron chi connectivity index (χ3n) is 3.55. The van der Waals surface area contributed by atoms with Gasteiger partial charge in [0.25, 0.3) is 5.91 Å². The molecule has 6 heteroatoms. The number of primary amides is 1. The van der Waals surface area contributed by atoms with Gasteiger partial charge in [-0.2, -0.15) is 0 Å². The third kappa shape index (κ3) is 2.83. The summed E-state index contributed by atoms with van der Waals surface area (Å²) in [6.45, 7) is 2.64. The van der Waals surface area contributed by atoms with Crippen molar-refractivity contribution in [1.82, 2.24) is 4.98 Å². The number of aromatic nitrogens is 1. The molecule has 1 amide bonds. The number of pyridine rings is 1. The Labute approximate surface area is 111 Å². The summed E-state index contributed by atoms with van der Waals surface area (Å²) in [5.74, 6) is -1.59. The number of carboxylic acid groups (broad SMARTS) is 1. The second-order valence-corrected chi connectivity index (χ2v) is 4.87. The summed E-state index contributed by atoms with van der Waals surface area (Å²) in [7, 11) is 0. The first kappa shape index (κ1) is 13.3. The van der Waals surface area contributed by atoms with E-state index in [2.05, 4.69) is 9.88 Å². The van der Waals surface area contributed by atoms with E-state index in [4.69, 9.17) is 10.8 Å². The predicted octanol–water partition coefficient (Wildman–Crippen LogP) is 0.870. The first-order valence-corrected chi connectivity index (χ1v) is 6.24. The Hall–Kier alpha value is -2.11. The molecule has 6 nitrogen and oxygen atoms in total. The topological polar surface area (TPSA) is 96.5 Å². The number of carbonyl (C=O) groups is 2. The number of nitrogens with two attached hydrogens (primary N) is 1.